The molecule has 0 aliphatic carbocycles. The molecule has 2 saturated heterocycles. The number of hydrogen-bond donors (Lipinski definition) is 2. The molecule has 0 aromatic heterocycles. The number of nitrogens with zero attached hydrogens (tertiary/aromatic N) is 1. The second-order valence-corrected chi connectivity index (χ2v) is 9.38. The van der Waals surface area contributed by atoms with Crippen LogP contribution in [0.4, 0.5) is 0 Å². The lowest BCUT2D eigenvalue weighted by Gasteiger charge is -2.39. The van der Waals surface area contributed by atoms with Crippen molar-refractivity contribution < 1.29 is 9.59 Å². The van der Waals surface area contributed by atoms with E-state index in [0.29, 0.717) is 17.1 Å². The molecule has 5 nitrogen and oxygen atoms in total. The van der Waals surface area contributed by atoms with Crippen LogP contribution in [0.2, 0.25) is 10.0 Å². The third-order valence-electron chi connectivity index (χ3n) is 6.23. The minimum atomic E-state index is -0.185. The second kappa shape index (κ2) is 10.0. The van der Waals surface area contributed by atoms with E-state index in [1.165, 1.54) is 18.4 Å². The highest BCUT2D eigenvalue weighted by atomic mass is 35.5. The minimum absolute atomic E-state index is 0.000276. The molecule has 164 valence electrons. The van der Waals surface area contributed by atoms with Gasteiger partial charge in [0.15, 0.2) is 0 Å². The fourth-order valence-electron chi connectivity index (χ4n) is 4.80. The number of amides is 2. The zero-order valence-corrected chi connectivity index (χ0v) is 18.8. The van der Waals surface area contributed by atoms with E-state index >= 15 is 0 Å². The fraction of sp³-hybridized carbons (Fsp3) is 0.417. The molecule has 2 aromatic carbocycles. The van der Waals surface area contributed by atoms with Gasteiger partial charge in [0.05, 0.1) is 13.0 Å². The summed E-state index contributed by atoms with van der Waals surface area (Å²) in [5, 5.41) is 7.18. The predicted octanol–water partition coefficient (Wildman–Crippen LogP) is 3.96. The molecule has 0 radical (unpaired) electrons. The van der Waals surface area contributed by atoms with Crippen molar-refractivity contribution >= 4 is 35.0 Å². The first-order valence-electron chi connectivity index (χ1n) is 10.8. The molecular weight excluding hydrogens is 433 g/mol. The monoisotopic (exact) mass is 459 g/mol. The zero-order chi connectivity index (χ0) is 21.8. The molecule has 2 aromatic rings. The third-order valence-corrected chi connectivity index (χ3v) is 6.71. The van der Waals surface area contributed by atoms with Gasteiger partial charge in [-0.1, -0.05) is 47.5 Å². The van der Waals surface area contributed by atoms with Crippen molar-refractivity contribution in [3.05, 3.63) is 69.7 Å². The first-order chi connectivity index (χ1) is 15.0. The van der Waals surface area contributed by atoms with Gasteiger partial charge in [-0.2, -0.15) is 0 Å². The number of rotatable bonds is 7. The average Bonchev–Trinajstić information content (AvgIpc) is 2.96. The summed E-state index contributed by atoms with van der Waals surface area (Å²) in [5.41, 5.74) is 2.10. The number of piperidine rings is 1. The summed E-state index contributed by atoms with van der Waals surface area (Å²) < 4.78 is 0. The van der Waals surface area contributed by atoms with E-state index in [9.17, 15) is 9.59 Å². The standard InChI is InChI=1S/C24H27Cl2N3O2/c25-18-6-4-16(5-7-18)15-29-21-8-9-22(29)13-20(12-21)28-24(31)14-27-23(30)11-17-2-1-3-19(26)10-17/h1-7,10,20-22H,8-9,11-15H2,(H,27,30)(H,28,31)/t20?,21-,22+. The van der Waals surface area contributed by atoms with Crippen LogP contribution in [0.5, 0.6) is 0 Å². The van der Waals surface area contributed by atoms with E-state index < -0.39 is 0 Å². The van der Waals surface area contributed by atoms with Gasteiger partial charge in [0, 0.05) is 34.7 Å². The summed E-state index contributed by atoms with van der Waals surface area (Å²) in [4.78, 5) is 27.1. The van der Waals surface area contributed by atoms with Crippen molar-refractivity contribution in [2.24, 2.45) is 0 Å². The number of carbonyl (C=O) groups is 2. The molecule has 2 aliphatic heterocycles. The van der Waals surface area contributed by atoms with Gasteiger partial charge in [0.2, 0.25) is 11.8 Å². The van der Waals surface area contributed by atoms with Crippen molar-refractivity contribution in [2.45, 2.75) is 56.8 Å². The van der Waals surface area contributed by atoms with E-state index in [-0.39, 0.29) is 30.8 Å². The average molecular weight is 460 g/mol. The number of fused-ring (bicyclic) bond motifs is 2. The number of carbonyl (C=O) groups excluding carboxylic acids is 2. The molecular formula is C24H27Cl2N3O2. The van der Waals surface area contributed by atoms with Crippen LogP contribution in [0.3, 0.4) is 0 Å². The normalized spacial score (nSPS) is 22.8. The van der Waals surface area contributed by atoms with Crippen LogP contribution < -0.4 is 10.6 Å². The Morgan fingerprint density at radius 2 is 1.61 bits per heavy atom. The van der Waals surface area contributed by atoms with Crippen LogP contribution in [0.25, 0.3) is 0 Å². The van der Waals surface area contributed by atoms with Crippen molar-refractivity contribution in [3.8, 4) is 0 Å². The molecule has 1 unspecified atom stereocenters. The van der Waals surface area contributed by atoms with Crippen LogP contribution in [0.1, 0.15) is 36.8 Å². The Bertz CT molecular complexity index is 921. The maximum Gasteiger partial charge on any atom is 0.239 e. The predicted molar refractivity (Wildman–Crippen MR) is 123 cm³/mol. The van der Waals surface area contributed by atoms with E-state index in [1.807, 2.05) is 24.3 Å². The topological polar surface area (TPSA) is 61.4 Å². The van der Waals surface area contributed by atoms with Crippen LogP contribution in [0, 0.1) is 0 Å². The Kier molecular flexibility index (Phi) is 7.16. The summed E-state index contributed by atoms with van der Waals surface area (Å²) in [6.07, 6.45) is 4.45. The Hall–Kier alpha value is -2.08. The van der Waals surface area contributed by atoms with Crippen molar-refractivity contribution in [3.63, 3.8) is 0 Å². The van der Waals surface area contributed by atoms with Gasteiger partial charge in [0.25, 0.3) is 0 Å². The Morgan fingerprint density at radius 1 is 0.903 bits per heavy atom. The highest BCUT2D eigenvalue weighted by Crippen LogP contribution is 2.36. The lowest BCUT2D eigenvalue weighted by Crippen LogP contribution is -2.51. The molecule has 2 N–H and O–H groups in total. The summed E-state index contributed by atoms with van der Waals surface area (Å²) in [6, 6.07) is 16.4. The van der Waals surface area contributed by atoms with Crippen molar-refractivity contribution in [1.29, 1.82) is 0 Å². The summed E-state index contributed by atoms with van der Waals surface area (Å²) >= 11 is 11.9. The molecule has 2 fully saturated rings. The molecule has 4 rings (SSSR count). The van der Waals surface area contributed by atoms with Gasteiger partial charge in [0.1, 0.15) is 0 Å². The SMILES string of the molecule is O=C(Cc1cccc(Cl)c1)NCC(=O)NC1C[C@H]2CC[C@@H](C1)N2Cc1ccc(Cl)cc1. The van der Waals surface area contributed by atoms with E-state index in [4.69, 9.17) is 23.2 Å². The maximum absolute atomic E-state index is 12.4. The fourth-order valence-corrected chi connectivity index (χ4v) is 5.14. The Balaban J connectivity index is 1.22. The number of hydrogen-bond acceptors (Lipinski definition) is 3. The Labute approximate surface area is 193 Å². The highest BCUT2D eigenvalue weighted by Gasteiger charge is 2.40. The highest BCUT2D eigenvalue weighted by molar-refractivity contribution is 6.30. The van der Waals surface area contributed by atoms with Gasteiger partial charge in [-0.25, -0.2) is 0 Å². The van der Waals surface area contributed by atoms with E-state index in [2.05, 4.69) is 27.7 Å². The van der Waals surface area contributed by atoms with Gasteiger partial charge in [-0.3, -0.25) is 14.5 Å². The minimum Gasteiger partial charge on any atom is -0.352 e. The molecule has 2 amide bonds. The molecule has 2 heterocycles. The Morgan fingerprint density at radius 3 is 2.29 bits per heavy atom. The molecule has 0 saturated carbocycles. The van der Waals surface area contributed by atoms with Crippen LogP contribution in [-0.2, 0) is 22.6 Å². The first-order valence-corrected chi connectivity index (χ1v) is 11.5. The molecule has 2 bridgehead atoms. The largest absolute Gasteiger partial charge is 0.352 e. The maximum atomic E-state index is 12.4. The number of benzene rings is 2. The molecule has 7 heteroatoms. The van der Waals surface area contributed by atoms with Crippen molar-refractivity contribution in [1.82, 2.24) is 15.5 Å². The molecule has 0 spiro atoms. The van der Waals surface area contributed by atoms with Gasteiger partial charge in [-0.05, 0) is 61.1 Å². The lowest BCUT2D eigenvalue weighted by molar-refractivity contribution is -0.126. The van der Waals surface area contributed by atoms with E-state index in [1.54, 1.807) is 12.1 Å². The first kappa shape index (κ1) is 22.1. The smallest absolute Gasteiger partial charge is 0.239 e. The van der Waals surface area contributed by atoms with E-state index in [0.717, 1.165) is 30.0 Å². The number of halogens is 2. The van der Waals surface area contributed by atoms with Gasteiger partial charge >= 0.3 is 0 Å². The second-order valence-electron chi connectivity index (χ2n) is 8.50. The zero-order valence-electron chi connectivity index (χ0n) is 17.3. The van der Waals surface area contributed by atoms with Crippen LogP contribution >= 0.6 is 23.2 Å². The lowest BCUT2D eigenvalue weighted by atomic mass is 9.96. The molecule has 31 heavy (non-hydrogen) atoms. The van der Waals surface area contributed by atoms with Crippen LogP contribution in [0.15, 0.2) is 48.5 Å². The van der Waals surface area contributed by atoms with Crippen LogP contribution in [-0.4, -0.2) is 41.4 Å². The quantitative estimate of drug-likeness (QED) is 0.658. The third kappa shape index (κ3) is 6.00. The summed E-state index contributed by atoms with van der Waals surface area (Å²) in [7, 11) is 0. The number of nitrogens with one attached hydrogen (secondary N) is 2. The summed E-state index contributed by atoms with van der Waals surface area (Å²) in [6.45, 7) is 0.923. The molecule has 3 atom stereocenters. The van der Waals surface area contributed by atoms with Gasteiger partial charge < -0.3 is 10.6 Å². The summed E-state index contributed by atoms with van der Waals surface area (Å²) in [5.74, 6) is -0.315. The van der Waals surface area contributed by atoms with Crippen molar-refractivity contribution in [2.75, 3.05) is 6.54 Å². The van der Waals surface area contributed by atoms with Gasteiger partial charge in [-0.15, -0.1) is 0 Å². The molecule has 2 aliphatic rings.